The van der Waals surface area contributed by atoms with Gasteiger partial charge in [0.25, 0.3) is 0 Å². The molecule has 1 N–H and O–H groups in total. The number of rotatable bonds is 7. The Morgan fingerprint density at radius 1 is 1.12 bits per heavy atom. The Morgan fingerprint density at radius 2 is 1.90 bits per heavy atom. The van der Waals surface area contributed by atoms with Crippen molar-refractivity contribution in [3.8, 4) is 11.4 Å². The Kier molecular flexibility index (Phi) is 8.00. The number of benzene rings is 2. The molecule has 1 aliphatic heterocycles. The van der Waals surface area contributed by atoms with Crippen LogP contribution in [0.5, 0.6) is 5.75 Å². The van der Waals surface area contributed by atoms with Crippen molar-refractivity contribution >= 4 is 29.4 Å². The zero-order chi connectivity index (χ0) is 29.3. The lowest BCUT2D eigenvalue weighted by Crippen LogP contribution is -2.42. The van der Waals surface area contributed by atoms with E-state index in [1.165, 1.54) is 11.8 Å². The van der Waals surface area contributed by atoms with Crippen LogP contribution >= 0.6 is 11.8 Å². The second-order valence-corrected chi connectivity index (χ2v) is 12.3. The van der Waals surface area contributed by atoms with Gasteiger partial charge in [0.2, 0.25) is 11.8 Å². The molecule has 1 aliphatic rings. The lowest BCUT2D eigenvalue weighted by Gasteiger charge is -2.25. The van der Waals surface area contributed by atoms with Gasteiger partial charge >= 0.3 is 0 Å². The molecule has 5 rings (SSSR count). The van der Waals surface area contributed by atoms with Crippen LogP contribution < -0.4 is 15.0 Å². The van der Waals surface area contributed by atoms with Gasteiger partial charge in [-0.2, -0.15) is 5.10 Å². The maximum absolute atomic E-state index is 13.9. The van der Waals surface area contributed by atoms with E-state index in [9.17, 15) is 9.59 Å². The van der Waals surface area contributed by atoms with Crippen molar-refractivity contribution in [2.45, 2.75) is 51.8 Å². The van der Waals surface area contributed by atoms with Gasteiger partial charge < -0.3 is 14.5 Å². The van der Waals surface area contributed by atoms with Gasteiger partial charge in [-0.3, -0.25) is 14.5 Å². The summed E-state index contributed by atoms with van der Waals surface area (Å²) in [6.45, 7) is 10.6. The topological polar surface area (TPSA) is 89.6 Å². The highest BCUT2D eigenvalue weighted by atomic mass is 32.2. The summed E-state index contributed by atoms with van der Waals surface area (Å²) < 4.78 is 13.0. The van der Waals surface area contributed by atoms with Gasteiger partial charge in [-0.25, -0.2) is 4.68 Å². The fourth-order valence-electron chi connectivity index (χ4n) is 5.13. The van der Waals surface area contributed by atoms with Crippen LogP contribution in [-0.2, 0) is 21.5 Å². The molecule has 9 heteroatoms. The van der Waals surface area contributed by atoms with Gasteiger partial charge in [0.05, 0.1) is 42.3 Å². The second-order valence-electron chi connectivity index (χ2n) is 11.2. The minimum atomic E-state index is -0.353. The SMILES string of the molecule is COc1ccccc1[C@H]1SCC(=O)N(CC(=O)NCc2ccco2)c2c1c(C(C)(C)C)nn2-c1cccc(C)c1C. The van der Waals surface area contributed by atoms with E-state index >= 15 is 0 Å². The third kappa shape index (κ3) is 5.63. The Bertz CT molecular complexity index is 1570. The predicted octanol–water partition coefficient (Wildman–Crippen LogP) is 5.87. The van der Waals surface area contributed by atoms with Crippen molar-refractivity contribution in [1.29, 1.82) is 0 Å². The van der Waals surface area contributed by atoms with Crippen LogP contribution in [0, 0.1) is 13.8 Å². The van der Waals surface area contributed by atoms with E-state index in [4.69, 9.17) is 14.3 Å². The Balaban J connectivity index is 1.73. The summed E-state index contributed by atoms with van der Waals surface area (Å²) in [4.78, 5) is 28.8. The summed E-state index contributed by atoms with van der Waals surface area (Å²) in [5.74, 6) is 1.75. The molecule has 41 heavy (non-hydrogen) atoms. The van der Waals surface area contributed by atoms with Crippen molar-refractivity contribution in [1.82, 2.24) is 15.1 Å². The number of carbonyl (C=O) groups excluding carboxylic acids is 2. The minimum absolute atomic E-state index is 0.147. The number of nitrogens with zero attached hydrogens (tertiary/aromatic N) is 3. The third-order valence-electron chi connectivity index (χ3n) is 7.37. The molecule has 2 aromatic heterocycles. The molecule has 2 aromatic carbocycles. The molecule has 0 spiro atoms. The summed E-state index contributed by atoms with van der Waals surface area (Å²) in [7, 11) is 1.66. The van der Waals surface area contributed by atoms with Crippen LogP contribution in [0.25, 0.3) is 5.69 Å². The van der Waals surface area contributed by atoms with E-state index in [1.807, 2.05) is 41.1 Å². The molecular weight excluding hydrogens is 536 g/mol. The van der Waals surface area contributed by atoms with Crippen LogP contribution in [0.3, 0.4) is 0 Å². The number of furan rings is 1. The molecular formula is C32H36N4O4S. The van der Waals surface area contributed by atoms with E-state index in [0.717, 1.165) is 39.4 Å². The van der Waals surface area contributed by atoms with Crippen LogP contribution in [0.2, 0.25) is 0 Å². The fourth-order valence-corrected chi connectivity index (χ4v) is 6.36. The maximum atomic E-state index is 13.9. The first-order valence-corrected chi connectivity index (χ1v) is 14.7. The lowest BCUT2D eigenvalue weighted by atomic mass is 9.87. The number of amides is 2. The number of para-hydroxylation sites is 1. The highest BCUT2D eigenvalue weighted by molar-refractivity contribution is 8.00. The molecule has 0 saturated heterocycles. The van der Waals surface area contributed by atoms with E-state index in [2.05, 4.69) is 46.0 Å². The quantitative estimate of drug-likeness (QED) is 0.298. The number of thioether (sulfide) groups is 1. The number of ether oxygens (including phenoxy) is 1. The first-order valence-electron chi connectivity index (χ1n) is 13.6. The van der Waals surface area contributed by atoms with Gasteiger partial charge in [-0.05, 0) is 49.2 Å². The van der Waals surface area contributed by atoms with E-state index in [1.54, 1.807) is 30.4 Å². The molecule has 0 bridgehead atoms. The molecule has 1 atom stereocenters. The van der Waals surface area contributed by atoms with Crippen LogP contribution in [0.15, 0.2) is 65.3 Å². The molecule has 0 saturated carbocycles. The molecule has 0 radical (unpaired) electrons. The molecule has 4 aromatic rings. The number of anilines is 1. The van der Waals surface area contributed by atoms with Gasteiger partial charge in [-0.1, -0.05) is 51.1 Å². The zero-order valence-electron chi connectivity index (χ0n) is 24.4. The number of aromatic nitrogens is 2. The van der Waals surface area contributed by atoms with Crippen molar-refractivity contribution in [3.63, 3.8) is 0 Å². The van der Waals surface area contributed by atoms with E-state index in [0.29, 0.717) is 11.6 Å². The van der Waals surface area contributed by atoms with Gasteiger partial charge in [0, 0.05) is 16.5 Å². The number of hydrogen-bond donors (Lipinski definition) is 1. The average molecular weight is 573 g/mol. The molecule has 0 unspecified atom stereocenters. The van der Waals surface area contributed by atoms with E-state index < -0.39 is 0 Å². The smallest absolute Gasteiger partial charge is 0.240 e. The Labute approximate surface area is 245 Å². The second kappa shape index (κ2) is 11.5. The number of aryl methyl sites for hydroxylation is 1. The minimum Gasteiger partial charge on any atom is -0.496 e. The number of nitrogens with one attached hydrogen (secondary N) is 1. The summed E-state index contributed by atoms with van der Waals surface area (Å²) in [6, 6.07) is 17.5. The summed E-state index contributed by atoms with van der Waals surface area (Å²) in [6.07, 6.45) is 1.57. The number of hydrogen-bond acceptors (Lipinski definition) is 6. The molecule has 2 amide bonds. The predicted molar refractivity (Wildman–Crippen MR) is 162 cm³/mol. The zero-order valence-corrected chi connectivity index (χ0v) is 25.2. The van der Waals surface area contributed by atoms with Crippen molar-refractivity contribution in [2.24, 2.45) is 0 Å². The van der Waals surface area contributed by atoms with Gasteiger partial charge in [0.1, 0.15) is 23.9 Å². The maximum Gasteiger partial charge on any atom is 0.240 e. The average Bonchev–Trinajstić information content (AvgIpc) is 3.58. The first kappa shape index (κ1) is 28.5. The third-order valence-corrected chi connectivity index (χ3v) is 8.60. The van der Waals surface area contributed by atoms with Crippen LogP contribution in [0.1, 0.15) is 59.7 Å². The molecule has 3 heterocycles. The van der Waals surface area contributed by atoms with Crippen molar-refractivity contribution < 1.29 is 18.7 Å². The molecule has 8 nitrogen and oxygen atoms in total. The highest BCUT2D eigenvalue weighted by Crippen LogP contribution is 2.50. The first-order chi connectivity index (χ1) is 19.6. The van der Waals surface area contributed by atoms with Gasteiger partial charge in [0.15, 0.2) is 0 Å². The van der Waals surface area contributed by atoms with Gasteiger partial charge in [-0.15, -0.1) is 11.8 Å². The molecule has 0 aliphatic carbocycles. The Hall–Kier alpha value is -3.98. The van der Waals surface area contributed by atoms with Crippen LogP contribution in [-0.4, -0.2) is 41.0 Å². The standard InChI is InChI=1S/C32H36N4O4S/c1-20-11-9-14-24(21(20)2)36-31-28(30(34-36)32(3,4)5)29(23-13-7-8-15-25(23)39-6)41-19-27(38)35(31)18-26(37)33-17-22-12-10-16-40-22/h7-16,29H,17-19H2,1-6H3,(H,33,37)/t29-/m1/s1. The summed E-state index contributed by atoms with van der Waals surface area (Å²) >= 11 is 1.53. The fraction of sp³-hybridized carbons (Fsp3) is 0.344. The molecule has 214 valence electrons. The number of methoxy groups -OCH3 is 1. The number of carbonyl (C=O) groups is 2. The van der Waals surface area contributed by atoms with Crippen LogP contribution in [0.4, 0.5) is 5.82 Å². The summed E-state index contributed by atoms with van der Waals surface area (Å²) in [5, 5.41) is 7.87. The summed E-state index contributed by atoms with van der Waals surface area (Å²) in [5.41, 5.74) is 5.43. The normalized spacial score (nSPS) is 15.4. The monoisotopic (exact) mass is 572 g/mol. The largest absolute Gasteiger partial charge is 0.496 e. The molecule has 0 fully saturated rings. The lowest BCUT2D eigenvalue weighted by molar-refractivity contribution is -0.123. The van der Waals surface area contributed by atoms with Crippen molar-refractivity contribution in [3.05, 3.63) is 94.6 Å². The highest BCUT2D eigenvalue weighted by Gasteiger charge is 2.40. The van der Waals surface area contributed by atoms with E-state index in [-0.39, 0.29) is 41.3 Å². The number of fused-ring (bicyclic) bond motifs is 1. The Morgan fingerprint density at radius 3 is 2.61 bits per heavy atom. The van der Waals surface area contributed by atoms with Crippen molar-refractivity contribution in [2.75, 3.05) is 24.3 Å².